The number of aromatic nitrogens is 1. The molecule has 7 nitrogen and oxygen atoms in total. The van der Waals surface area contributed by atoms with Crippen molar-refractivity contribution in [3.63, 3.8) is 0 Å². The van der Waals surface area contributed by atoms with Crippen molar-refractivity contribution in [2.45, 2.75) is 59.2 Å². The molecule has 0 atom stereocenters. The van der Waals surface area contributed by atoms with E-state index in [9.17, 15) is 4.79 Å². The Morgan fingerprint density at radius 2 is 1.96 bits per heavy atom. The highest BCUT2D eigenvalue weighted by Crippen LogP contribution is 2.11. The molecule has 1 rings (SSSR count). The SMILES string of the molecule is CN=C(NCc1ncc(C)s1)NCC(C)(C)NC(=O)OC(C)(C)C. The maximum atomic E-state index is 11.9. The Hall–Kier alpha value is -1.83. The Labute approximate surface area is 148 Å². The topological polar surface area (TPSA) is 87.6 Å². The second kappa shape index (κ2) is 8.32. The van der Waals surface area contributed by atoms with Gasteiger partial charge >= 0.3 is 6.09 Å². The zero-order valence-corrected chi connectivity index (χ0v) is 16.4. The minimum atomic E-state index is -0.517. The van der Waals surface area contributed by atoms with Crippen LogP contribution < -0.4 is 16.0 Å². The number of carbonyl (C=O) groups excluding carboxylic acids is 1. The third kappa shape index (κ3) is 8.14. The van der Waals surface area contributed by atoms with E-state index < -0.39 is 17.2 Å². The maximum absolute atomic E-state index is 11.9. The Kier molecular flexibility index (Phi) is 7.01. The Balaban J connectivity index is 2.44. The van der Waals surface area contributed by atoms with Crippen LogP contribution in [0.5, 0.6) is 0 Å². The van der Waals surface area contributed by atoms with Crippen molar-refractivity contribution >= 4 is 23.4 Å². The average Bonchev–Trinajstić information content (AvgIpc) is 2.81. The number of carbonyl (C=O) groups is 1. The molecule has 0 radical (unpaired) electrons. The summed E-state index contributed by atoms with van der Waals surface area (Å²) >= 11 is 1.65. The van der Waals surface area contributed by atoms with Crippen molar-refractivity contribution in [2.75, 3.05) is 13.6 Å². The molecular weight excluding hydrogens is 326 g/mol. The molecule has 136 valence electrons. The van der Waals surface area contributed by atoms with Crippen molar-refractivity contribution in [3.8, 4) is 0 Å². The molecule has 0 aromatic carbocycles. The summed E-state index contributed by atoms with van der Waals surface area (Å²) < 4.78 is 5.28. The van der Waals surface area contributed by atoms with Crippen LogP contribution in [-0.4, -0.2) is 41.8 Å². The molecule has 0 saturated heterocycles. The van der Waals surface area contributed by atoms with E-state index in [1.165, 1.54) is 4.88 Å². The zero-order valence-electron chi connectivity index (χ0n) is 15.6. The molecular formula is C16H29N5O2S. The predicted molar refractivity (Wildman–Crippen MR) is 98.5 cm³/mol. The van der Waals surface area contributed by atoms with Crippen LogP contribution in [0.2, 0.25) is 0 Å². The van der Waals surface area contributed by atoms with Gasteiger partial charge in [-0.05, 0) is 41.5 Å². The van der Waals surface area contributed by atoms with E-state index in [-0.39, 0.29) is 0 Å². The zero-order chi connectivity index (χ0) is 18.4. The first kappa shape index (κ1) is 20.2. The molecule has 1 amide bonds. The number of hydrogen-bond acceptors (Lipinski definition) is 5. The van der Waals surface area contributed by atoms with Crippen molar-refractivity contribution in [3.05, 3.63) is 16.1 Å². The van der Waals surface area contributed by atoms with Gasteiger partial charge in [0.2, 0.25) is 0 Å². The highest BCUT2D eigenvalue weighted by molar-refractivity contribution is 7.11. The maximum Gasteiger partial charge on any atom is 0.408 e. The lowest BCUT2D eigenvalue weighted by atomic mass is 10.1. The van der Waals surface area contributed by atoms with Gasteiger partial charge in [0.1, 0.15) is 10.6 Å². The minimum absolute atomic E-state index is 0.435. The third-order valence-electron chi connectivity index (χ3n) is 2.84. The molecule has 0 bridgehead atoms. The molecule has 0 spiro atoms. The number of ether oxygens (including phenoxy) is 1. The summed E-state index contributed by atoms with van der Waals surface area (Å²) in [6.45, 7) is 12.5. The first-order valence-electron chi connectivity index (χ1n) is 7.88. The Morgan fingerprint density at radius 3 is 2.46 bits per heavy atom. The van der Waals surface area contributed by atoms with Gasteiger partial charge in [-0.3, -0.25) is 4.99 Å². The number of nitrogens with zero attached hydrogens (tertiary/aromatic N) is 2. The number of thiazole rings is 1. The van der Waals surface area contributed by atoms with Crippen LogP contribution in [0.25, 0.3) is 0 Å². The van der Waals surface area contributed by atoms with Crippen LogP contribution in [-0.2, 0) is 11.3 Å². The van der Waals surface area contributed by atoms with Gasteiger partial charge in [0, 0.05) is 24.7 Å². The molecule has 0 fully saturated rings. The largest absolute Gasteiger partial charge is 0.444 e. The van der Waals surface area contributed by atoms with E-state index in [2.05, 4.69) is 25.9 Å². The third-order valence-corrected chi connectivity index (χ3v) is 3.75. The van der Waals surface area contributed by atoms with E-state index >= 15 is 0 Å². The quantitative estimate of drug-likeness (QED) is 0.558. The highest BCUT2D eigenvalue weighted by Gasteiger charge is 2.24. The van der Waals surface area contributed by atoms with E-state index in [4.69, 9.17) is 4.74 Å². The summed E-state index contributed by atoms with van der Waals surface area (Å²) in [6.07, 6.45) is 1.42. The number of aliphatic imine (C=N–C) groups is 1. The monoisotopic (exact) mass is 355 g/mol. The Bertz CT molecular complexity index is 575. The first-order valence-corrected chi connectivity index (χ1v) is 8.69. The number of aryl methyl sites for hydroxylation is 1. The summed E-state index contributed by atoms with van der Waals surface area (Å²) in [7, 11) is 1.71. The molecule has 0 aliphatic heterocycles. The molecule has 24 heavy (non-hydrogen) atoms. The summed E-state index contributed by atoms with van der Waals surface area (Å²) in [6, 6.07) is 0. The molecule has 1 aromatic heterocycles. The van der Waals surface area contributed by atoms with Crippen LogP contribution in [0.1, 0.15) is 44.5 Å². The van der Waals surface area contributed by atoms with E-state index in [0.717, 1.165) is 5.01 Å². The van der Waals surface area contributed by atoms with Gasteiger partial charge in [-0.25, -0.2) is 9.78 Å². The lowest BCUT2D eigenvalue weighted by Gasteiger charge is -2.29. The number of nitrogens with one attached hydrogen (secondary N) is 3. The van der Waals surface area contributed by atoms with Crippen molar-refractivity contribution in [1.82, 2.24) is 20.9 Å². The molecule has 1 heterocycles. The van der Waals surface area contributed by atoms with Gasteiger partial charge in [-0.1, -0.05) is 0 Å². The summed E-state index contributed by atoms with van der Waals surface area (Å²) in [5.74, 6) is 0.655. The van der Waals surface area contributed by atoms with E-state index in [0.29, 0.717) is 19.0 Å². The average molecular weight is 356 g/mol. The summed E-state index contributed by atoms with van der Waals surface area (Å²) in [4.78, 5) is 21.5. The van der Waals surface area contributed by atoms with Crippen LogP contribution in [0.15, 0.2) is 11.2 Å². The summed E-state index contributed by atoms with van der Waals surface area (Å²) in [5.41, 5.74) is -1.01. The van der Waals surface area contributed by atoms with Crippen molar-refractivity contribution < 1.29 is 9.53 Å². The first-order chi connectivity index (χ1) is 11.0. The molecule has 0 unspecified atom stereocenters. The second-order valence-corrected chi connectivity index (χ2v) is 8.47. The minimum Gasteiger partial charge on any atom is -0.444 e. The van der Waals surface area contributed by atoms with Gasteiger partial charge in [0.05, 0.1) is 12.1 Å². The van der Waals surface area contributed by atoms with Crippen LogP contribution >= 0.6 is 11.3 Å². The van der Waals surface area contributed by atoms with Gasteiger partial charge in [-0.2, -0.15) is 0 Å². The number of amides is 1. The molecule has 0 saturated carbocycles. The number of guanidine groups is 1. The summed E-state index contributed by atoms with van der Waals surface area (Å²) in [5, 5.41) is 10.3. The fraction of sp³-hybridized carbons (Fsp3) is 0.688. The Morgan fingerprint density at radius 1 is 1.29 bits per heavy atom. The fourth-order valence-corrected chi connectivity index (χ4v) is 2.52. The van der Waals surface area contributed by atoms with Crippen LogP contribution in [0.4, 0.5) is 4.79 Å². The molecule has 0 aliphatic rings. The molecule has 8 heteroatoms. The number of hydrogen-bond donors (Lipinski definition) is 3. The fourth-order valence-electron chi connectivity index (χ4n) is 1.79. The van der Waals surface area contributed by atoms with Gasteiger partial charge in [0.25, 0.3) is 0 Å². The predicted octanol–water partition coefficient (Wildman–Crippen LogP) is 2.42. The number of alkyl carbamates (subject to hydrolysis) is 1. The standard InChI is InChI=1S/C16H29N5O2S/c1-11-8-18-12(24-11)9-19-13(17-7)20-10-16(5,6)21-14(22)23-15(2,3)4/h8H,9-10H2,1-7H3,(H,21,22)(H2,17,19,20). The van der Waals surface area contributed by atoms with Gasteiger partial charge in [-0.15, -0.1) is 11.3 Å². The van der Waals surface area contributed by atoms with Gasteiger partial charge < -0.3 is 20.7 Å². The van der Waals surface area contributed by atoms with Crippen LogP contribution in [0.3, 0.4) is 0 Å². The molecule has 0 aliphatic carbocycles. The van der Waals surface area contributed by atoms with Crippen LogP contribution in [0, 0.1) is 6.92 Å². The molecule has 3 N–H and O–H groups in total. The number of rotatable bonds is 5. The van der Waals surface area contributed by atoms with Crippen molar-refractivity contribution in [2.24, 2.45) is 4.99 Å². The normalized spacial score (nSPS) is 12.7. The smallest absolute Gasteiger partial charge is 0.408 e. The van der Waals surface area contributed by atoms with Crippen molar-refractivity contribution in [1.29, 1.82) is 0 Å². The molecule has 1 aromatic rings. The lowest BCUT2D eigenvalue weighted by Crippen LogP contribution is -2.54. The second-order valence-electron chi connectivity index (χ2n) is 7.15. The highest BCUT2D eigenvalue weighted by atomic mass is 32.1. The van der Waals surface area contributed by atoms with E-state index in [1.807, 2.05) is 47.7 Å². The van der Waals surface area contributed by atoms with Gasteiger partial charge in [0.15, 0.2) is 5.96 Å². The lowest BCUT2D eigenvalue weighted by molar-refractivity contribution is 0.0474. The van der Waals surface area contributed by atoms with E-state index in [1.54, 1.807) is 18.4 Å².